The Kier molecular flexibility index (Phi) is 5.76. The van der Waals surface area contributed by atoms with Crippen molar-refractivity contribution in [3.05, 3.63) is 68.1 Å². The van der Waals surface area contributed by atoms with Crippen LogP contribution in [0.15, 0.2) is 45.5 Å². The Hall–Kier alpha value is -2.72. The second kappa shape index (κ2) is 7.96. The van der Waals surface area contributed by atoms with Gasteiger partial charge in [0.25, 0.3) is 5.56 Å². The number of aromatic nitrogens is 3. The summed E-state index contributed by atoms with van der Waals surface area (Å²) in [5, 5.41) is 0.679. The van der Waals surface area contributed by atoms with Crippen LogP contribution < -0.4 is 11.2 Å². The van der Waals surface area contributed by atoms with Gasteiger partial charge in [-0.2, -0.15) is 17.5 Å². The standard InChI is InChI=1S/C19H18F3N3O3S/c1-11(2)6-7-28-10-14-13-8-12(4-5-15(13)29-23-14)25-17(26)9-16(19(20,21)22)24(3)18(25)27/h4-6,8-9H,7,10H2,1-3H3. The molecule has 0 aliphatic carbocycles. The monoisotopic (exact) mass is 425 g/mol. The Balaban J connectivity index is 2.04. The second-order valence-electron chi connectivity index (χ2n) is 6.65. The lowest BCUT2D eigenvalue weighted by Gasteiger charge is -2.14. The van der Waals surface area contributed by atoms with Gasteiger partial charge >= 0.3 is 11.9 Å². The summed E-state index contributed by atoms with van der Waals surface area (Å²) in [6.45, 7) is 4.56. The highest BCUT2D eigenvalue weighted by molar-refractivity contribution is 7.13. The average Bonchev–Trinajstić information content (AvgIpc) is 3.03. The van der Waals surface area contributed by atoms with Crippen molar-refractivity contribution in [2.45, 2.75) is 26.6 Å². The van der Waals surface area contributed by atoms with Crippen molar-refractivity contribution < 1.29 is 17.9 Å². The van der Waals surface area contributed by atoms with Crippen LogP contribution in [0.3, 0.4) is 0 Å². The summed E-state index contributed by atoms with van der Waals surface area (Å²) in [5.41, 5.74) is -1.50. The minimum absolute atomic E-state index is 0.169. The summed E-state index contributed by atoms with van der Waals surface area (Å²) in [6, 6.07) is 5.16. The molecule has 0 fully saturated rings. The van der Waals surface area contributed by atoms with Crippen LogP contribution in [0.4, 0.5) is 13.2 Å². The molecule has 6 nitrogen and oxygen atoms in total. The third kappa shape index (κ3) is 4.33. The number of hydrogen-bond acceptors (Lipinski definition) is 5. The second-order valence-corrected chi connectivity index (χ2v) is 7.45. The molecule has 0 atom stereocenters. The number of ether oxygens (including phenoxy) is 1. The van der Waals surface area contributed by atoms with Gasteiger partial charge in [-0.1, -0.05) is 11.6 Å². The number of nitrogens with zero attached hydrogens (tertiary/aromatic N) is 3. The number of hydrogen-bond donors (Lipinski definition) is 0. The first kappa shape index (κ1) is 21.0. The van der Waals surface area contributed by atoms with Crippen LogP contribution in [0.1, 0.15) is 25.2 Å². The van der Waals surface area contributed by atoms with Gasteiger partial charge in [0.15, 0.2) is 0 Å². The molecule has 0 aliphatic rings. The molecule has 0 bridgehead atoms. The van der Waals surface area contributed by atoms with Gasteiger partial charge < -0.3 is 4.74 Å². The molecule has 0 N–H and O–H groups in total. The SMILES string of the molecule is CC(C)=CCOCc1nsc2ccc(-n3c(=O)cc(C(F)(F)F)n(C)c3=O)cc12. The van der Waals surface area contributed by atoms with Crippen LogP contribution in [-0.2, 0) is 24.6 Å². The Bertz CT molecular complexity index is 1200. The van der Waals surface area contributed by atoms with Crippen molar-refractivity contribution in [3.8, 4) is 5.69 Å². The fourth-order valence-corrected chi connectivity index (χ4v) is 3.50. The first-order valence-electron chi connectivity index (χ1n) is 8.59. The average molecular weight is 425 g/mol. The number of benzene rings is 1. The van der Waals surface area contributed by atoms with Gasteiger partial charge in [-0.15, -0.1) is 0 Å². The summed E-state index contributed by atoms with van der Waals surface area (Å²) in [4.78, 5) is 24.8. The molecule has 2 heterocycles. The summed E-state index contributed by atoms with van der Waals surface area (Å²) >= 11 is 1.23. The maximum absolute atomic E-state index is 13.0. The highest BCUT2D eigenvalue weighted by atomic mass is 32.1. The van der Waals surface area contributed by atoms with Crippen molar-refractivity contribution in [1.29, 1.82) is 0 Å². The Morgan fingerprint density at radius 1 is 1.24 bits per heavy atom. The van der Waals surface area contributed by atoms with E-state index in [0.717, 1.165) is 17.3 Å². The van der Waals surface area contributed by atoms with Gasteiger partial charge in [-0.25, -0.2) is 9.36 Å². The quantitative estimate of drug-likeness (QED) is 0.462. The van der Waals surface area contributed by atoms with Gasteiger partial charge in [-0.3, -0.25) is 9.36 Å². The van der Waals surface area contributed by atoms with E-state index in [0.29, 0.717) is 32.9 Å². The van der Waals surface area contributed by atoms with E-state index in [9.17, 15) is 22.8 Å². The van der Waals surface area contributed by atoms with E-state index >= 15 is 0 Å². The summed E-state index contributed by atoms with van der Waals surface area (Å²) in [7, 11) is 0.980. The first-order valence-corrected chi connectivity index (χ1v) is 9.37. The molecular formula is C19H18F3N3O3S. The van der Waals surface area contributed by atoms with Crippen LogP contribution >= 0.6 is 11.5 Å². The van der Waals surface area contributed by atoms with E-state index in [1.54, 1.807) is 12.1 Å². The molecule has 0 saturated heterocycles. The van der Waals surface area contributed by atoms with Crippen LogP contribution in [0.2, 0.25) is 0 Å². The molecule has 0 radical (unpaired) electrons. The minimum Gasteiger partial charge on any atom is -0.371 e. The summed E-state index contributed by atoms with van der Waals surface area (Å²) in [6.07, 6.45) is -2.88. The zero-order valence-corrected chi connectivity index (χ0v) is 16.7. The molecule has 3 rings (SSSR count). The summed E-state index contributed by atoms with van der Waals surface area (Å²) < 4.78 is 50.9. The van der Waals surface area contributed by atoms with E-state index in [-0.39, 0.29) is 12.3 Å². The number of fused-ring (bicyclic) bond motifs is 1. The molecule has 1 aromatic carbocycles. The fraction of sp³-hybridized carbons (Fsp3) is 0.316. The third-order valence-corrected chi connectivity index (χ3v) is 5.11. The Labute approximate surface area is 167 Å². The lowest BCUT2D eigenvalue weighted by atomic mass is 10.2. The predicted molar refractivity (Wildman–Crippen MR) is 105 cm³/mol. The maximum atomic E-state index is 13.0. The first-order chi connectivity index (χ1) is 13.6. The van der Waals surface area contributed by atoms with Gasteiger partial charge in [0.2, 0.25) is 0 Å². The van der Waals surface area contributed by atoms with Crippen molar-refractivity contribution >= 4 is 21.6 Å². The van der Waals surface area contributed by atoms with Crippen molar-refractivity contribution in [3.63, 3.8) is 0 Å². The van der Waals surface area contributed by atoms with Gasteiger partial charge in [0.05, 0.1) is 29.3 Å². The molecule has 154 valence electrons. The van der Waals surface area contributed by atoms with Crippen LogP contribution in [0, 0.1) is 0 Å². The normalized spacial score (nSPS) is 11.8. The fourth-order valence-electron chi connectivity index (χ4n) is 2.74. The molecule has 0 spiro atoms. The molecular weight excluding hydrogens is 407 g/mol. The lowest BCUT2D eigenvalue weighted by molar-refractivity contribution is -0.144. The number of allylic oxidation sites excluding steroid dienone is 1. The number of alkyl halides is 3. The zero-order chi connectivity index (χ0) is 21.3. The molecule has 2 aromatic heterocycles. The molecule has 0 unspecified atom stereocenters. The molecule has 10 heteroatoms. The van der Waals surface area contributed by atoms with E-state index < -0.39 is 23.1 Å². The summed E-state index contributed by atoms with van der Waals surface area (Å²) in [5.74, 6) is 0. The lowest BCUT2D eigenvalue weighted by Crippen LogP contribution is -2.40. The highest BCUT2D eigenvalue weighted by Gasteiger charge is 2.35. The maximum Gasteiger partial charge on any atom is 0.431 e. The van der Waals surface area contributed by atoms with E-state index in [2.05, 4.69) is 4.37 Å². The largest absolute Gasteiger partial charge is 0.431 e. The van der Waals surface area contributed by atoms with Crippen LogP contribution in [0.25, 0.3) is 15.8 Å². The zero-order valence-electron chi connectivity index (χ0n) is 15.9. The van der Waals surface area contributed by atoms with Crippen molar-refractivity contribution in [1.82, 2.24) is 13.5 Å². The molecule has 0 amide bonds. The van der Waals surface area contributed by atoms with Gasteiger partial charge in [0, 0.05) is 18.5 Å². The van der Waals surface area contributed by atoms with Gasteiger partial charge in [-0.05, 0) is 43.6 Å². The van der Waals surface area contributed by atoms with Crippen LogP contribution in [-0.4, -0.2) is 20.1 Å². The van der Waals surface area contributed by atoms with Crippen LogP contribution in [0.5, 0.6) is 0 Å². The topological polar surface area (TPSA) is 66.1 Å². The molecule has 29 heavy (non-hydrogen) atoms. The Morgan fingerprint density at radius 2 is 1.97 bits per heavy atom. The van der Waals surface area contributed by atoms with Crippen molar-refractivity contribution in [2.75, 3.05) is 6.61 Å². The smallest absolute Gasteiger partial charge is 0.371 e. The van der Waals surface area contributed by atoms with E-state index in [4.69, 9.17) is 4.74 Å². The van der Waals surface area contributed by atoms with Gasteiger partial charge in [0.1, 0.15) is 5.69 Å². The molecule has 3 aromatic rings. The van der Waals surface area contributed by atoms with E-state index in [1.807, 2.05) is 19.9 Å². The minimum atomic E-state index is -4.80. The third-order valence-electron chi connectivity index (χ3n) is 4.25. The highest BCUT2D eigenvalue weighted by Crippen LogP contribution is 2.28. The number of halogens is 3. The molecule has 0 saturated carbocycles. The van der Waals surface area contributed by atoms with E-state index in [1.165, 1.54) is 17.6 Å². The Morgan fingerprint density at radius 3 is 2.62 bits per heavy atom. The molecule has 0 aliphatic heterocycles. The predicted octanol–water partition coefficient (Wildman–Crippen LogP) is 3.65. The van der Waals surface area contributed by atoms with Crippen molar-refractivity contribution in [2.24, 2.45) is 7.05 Å². The number of rotatable bonds is 5.